The van der Waals surface area contributed by atoms with E-state index >= 15 is 0 Å². The monoisotopic (exact) mass is 262 g/mol. The summed E-state index contributed by atoms with van der Waals surface area (Å²) < 4.78 is 11.2. The van der Waals surface area contributed by atoms with Crippen molar-refractivity contribution >= 4 is 5.78 Å². The number of benzene rings is 1. The molecule has 2 rings (SSSR count). The van der Waals surface area contributed by atoms with Crippen LogP contribution in [-0.4, -0.2) is 25.1 Å². The maximum absolute atomic E-state index is 12.3. The van der Waals surface area contributed by atoms with Gasteiger partial charge in [-0.1, -0.05) is 30.3 Å². The fraction of sp³-hybridized carbons (Fsp3) is 0.562. The number of Topliss-reactive ketones (excluding diaryl/α,β-unsaturated/α-hetero) is 1. The number of ketones is 1. The van der Waals surface area contributed by atoms with E-state index in [9.17, 15) is 4.79 Å². The number of hydrogen-bond donors (Lipinski definition) is 0. The van der Waals surface area contributed by atoms with Crippen LogP contribution in [0.15, 0.2) is 30.3 Å². The van der Waals surface area contributed by atoms with Crippen molar-refractivity contribution in [1.29, 1.82) is 0 Å². The van der Waals surface area contributed by atoms with Gasteiger partial charge in [-0.15, -0.1) is 0 Å². The number of rotatable bonds is 7. The van der Waals surface area contributed by atoms with E-state index in [0.717, 1.165) is 31.4 Å². The second-order valence-corrected chi connectivity index (χ2v) is 4.89. The maximum atomic E-state index is 12.3. The Labute approximate surface area is 114 Å². The minimum atomic E-state index is -0.424. The first kappa shape index (κ1) is 14.2. The molecule has 3 heteroatoms. The van der Waals surface area contributed by atoms with Crippen LogP contribution in [0.4, 0.5) is 0 Å². The fourth-order valence-corrected chi connectivity index (χ4v) is 2.48. The van der Waals surface area contributed by atoms with Gasteiger partial charge in [0.2, 0.25) is 0 Å². The standard InChI is InChI=1S/C16H22O3/c1-2-18-16(13-7-4-3-5-8-13)15(17)11-10-14-9-6-12-19-14/h3-5,7-8,14,16H,2,6,9-12H2,1H3. The molecule has 104 valence electrons. The molecule has 1 saturated heterocycles. The lowest BCUT2D eigenvalue weighted by atomic mass is 10.00. The number of hydrogen-bond acceptors (Lipinski definition) is 3. The van der Waals surface area contributed by atoms with Crippen molar-refractivity contribution in [3.05, 3.63) is 35.9 Å². The summed E-state index contributed by atoms with van der Waals surface area (Å²) in [5.41, 5.74) is 0.946. The average molecular weight is 262 g/mol. The molecule has 0 bridgehead atoms. The van der Waals surface area contributed by atoms with Crippen LogP contribution in [0.25, 0.3) is 0 Å². The molecular weight excluding hydrogens is 240 g/mol. The molecule has 0 spiro atoms. The minimum absolute atomic E-state index is 0.156. The molecule has 3 nitrogen and oxygen atoms in total. The molecule has 1 fully saturated rings. The Morgan fingerprint density at radius 1 is 1.42 bits per heavy atom. The van der Waals surface area contributed by atoms with Crippen LogP contribution in [-0.2, 0) is 14.3 Å². The molecule has 2 unspecified atom stereocenters. The predicted octanol–water partition coefficient (Wildman–Crippen LogP) is 3.29. The minimum Gasteiger partial charge on any atom is -0.378 e. The highest BCUT2D eigenvalue weighted by Crippen LogP contribution is 2.23. The quantitative estimate of drug-likeness (QED) is 0.756. The second kappa shape index (κ2) is 7.41. The lowest BCUT2D eigenvalue weighted by molar-refractivity contribution is -0.131. The lowest BCUT2D eigenvalue weighted by Crippen LogP contribution is -2.18. The molecular formula is C16H22O3. The summed E-state index contributed by atoms with van der Waals surface area (Å²) in [5.74, 6) is 0.156. The Hall–Kier alpha value is -1.19. The van der Waals surface area contributed by atoms with Crippen molar-refractivity contribution in [2.45, 2.75) is 44.8 Å². The molecule has 0 radical (unpaired) electrons. The Morgan fingerprint density at radius 3 is 2.84 bits per heavy atom. The number of carbonyl (C=O) groups excluding carboxylic acids is 1. The first-order chi connectivity index (χ1) is 9.31. The third-order valence-corrected chi connectivity index (χ3v) is 3.46. The largest absolute Gasteiger partial charge is 0.378 e. The zero-order valence-electron chi connectivity index (χ0n) is 11.5. The molecule has 19 heavy (non-hydrogen) atoms. The molecule has 0 amide bonds. The zero-order chi connectivity index (χ0) is 13.5. The van der Waals surface area contributed by atoms with Gasteiger partial charge in [-0.3, -0.25) is 4.79 Å². The summed E-state index contributed by atoms with van der Waals surface area (Å²) in [5, 5.41) is 0. The van der Waals surface area contributed by atoms with Crippen LogP contribution in [0, 0.1) is 0 Å². The van der Waals surface area contributed by atoms with Crippen molar-refractivity contribution in [1.82, 2.24) is 0 Å². The van der Waals surface area contributed by atoms with E-state index in [-0.39, 0.29) is 11.9 Å². The van der Waals surface area contributed by atoms with E-state index in [2.05, 4.69) is 0 Å². The van der Waals surface area contributed by atoms with E-state index in [1.54, 1.807) is 0 Å². The van der Waals surface area contributed by atoms with Gasteiger partial charge in [0.1, 0.15) is 6.10 Å². The molecule has 0 aliphatic carbocycles. The summed E-state index contributed by atoms with van der Waals surface area (Å²) in [7, 11) is 0. The predicted molar refractivity (Wildman–Crippen MR) is 74.0 cm³/mol. The summed E-state index contributed by atoms with van der Waals surface area (Å²) in [4.78, 5) is 12.3. The Balaban J connectivity index is 1.92. The third-order valence-electron chi connectivity index (χ3n) is 3.46. The van der Waals surface area contributed by atoms with Crippen LogP contribution in [0.5, 0.6) is 0 Å². The van der Waals surface area contributed by atoms with Crippen LogP contribution in [0.3, 0.4) is 0 Å². The number of ether oxygens (including phenoxy) is 2. The van der Waals surface area contributed by atoms with Gasteiger partial charge >= 0.3 is 0 Å². The molecule has 1 aromatic carbocycles. The molecule has 1 aromatic rings. The van der Waals surface area contributed by atoms with Gasteiger partial charge in [-0.05, 0) is 31.7 Å². The third kappa shape index (κ3) is 4.15. The van der Waals surface area contributed by atoms with Gasteiger partial charge in [-0.25, -0.2) is 0 Å². The highest BCUT2D eigenvalue weighted by atomic mass is 16.5. The first-order valence-electron chi connectivity index (χ1n) is 7.12. The molecule has 2 atom stereocenters. The Kier molecular flexibility index (Phi) is 5.55. The van der Waals surface area contributed by atoms with Crippen molar-refractivity contribution in [2.24, 2.45) is 0 Å². The highest BCUT2D eigenvalue weighted by molar-refractivity contribution is 5.84. The van der Waals surface area contributed by atoms with E-state index in [1.807, 2.05) is 37.3 Å². The fourth-order valence-electron chi connectivity index (χ4n) is 2.48. The van der Waals surface area contributed by atoms with Gasteiger partial charge < -0.3 is 9.47 Å². The van der Waals surface area contributed by atoms with Gasteiger partial charge in [0.05, 0.1) is 6.10 Å². The van der Waals surface area contributed by atoms with Gasteiger partial charge in [0.15, 0.2) is 5.78 Å². The average Bonchev–Trinajstić information content (AvgIpc) is 2.96. The van der Waals surface area contributed by atoms with E-state index < -0.39 is 6.10 Å². The Morgan fingerprint density at radius 2 is 2.21 bits per heavy atom. The topological polar surface area (TPSA) is 35.5 Å². The molecule has 1 aliphatic rings. The summed E-state index contributed by atoms with van der Waals surface area (Å²) in [6.45, 7) is 3.31. The Bertz CT molecular complexity index is 382. The van der Waals surface area contributed by atoms with E-state index in [1.165, 1.54) is 0 Å². The van der Waals surface area contributed by atoms with Gasteiger partial charge in [0.25, 0.3) is 0 Å². The van der Waals surface area contributed by atoms with Crippen LogP contribution in [0.2, 0.25) is 0 Å². The maximum Gasteiger partial charge on any atom is 0.166 e. The van der Waals surface area contributed by atoms with Crippen molar-refractivity contribution in [2.75, 3.05) is 13.2 Å². The lowest BCUT2D eigenvalue weighted by Gasteiger charge is -2.17. The van der Waals surface area contributed by atoms with Crippen LogP contribution >= 0.6 is 0 Å². The van der Waals surface area contributed by atoms with Crippen LogP contribution < -0.4 is 0 Å². The highest BCUT2D eigenvalue weighted by Gasteiger charge is 2.23. The summed E-state index contributed by atoms with van der Waals surface area (Å²) >= 11 is 0. The van der Waals surface area contributed by atoms with Crippen LogP contribution in [0.1, 0.15) is 44.3 Å². The van der Waals surface area contributed by atoms with Gasteiger partial charge in [-0.2, -0.15) is 0 Å². The van der Waals surface area contributed by atoms with E-state index in [0.29, 0.717) is 13.0 Å². The molecule has 0 saturated carbocycles. The summed E-state index contributed by atoms with van der Waals surface area (Å²) in [6, 6.07) is 9.72. The SMILES string of the molecule is CCOC(C(=O)CCC1CCCO1)c1ccccc1. The van der Waals surface area contributed by atoms with Gasteiger partial charge in [0, 0.05) is 19.6 Å². The molecule has 1 heterocycles. The first-order valence-corrected chi connectivity index (χ1v) is 7.12. The smallest absolute Gasteiger partial charge is 0.166 e. The molecule has 0 aromatic heterocycles. The normalized spacial score (nSPS) is 20.4. The number of carbonyl (C=O) groups is 1. The van der Waals surface area contributed by atoms with Crippen molar-refractivity contribution < 1.29 is 14.3 Å². The second-order valence-electron chi connectivity index (χ2n) is 4.89. The summed E-state index contributed by atoms with van der Waals surface area (Å²) in [6.07, 6.45) is 3.39. The molecule has 0 N–H and O–H groups in total. The zero-order valence-corrected chi connectivity index (χ0v) is 11.5. The van der Waals surface area contributed by atoms with E-state index in [4.69, 9.17) is 9.47 Å². The molecule has 1 aliphatic heterocycles. The van der Waals surface area contributed by atoms with Crippen molar-refractivity contribution in [3.63, 3.8) is 0 Å². The van der Waals surface area contributed by atoms with Crippen molar-refractivity contribution in [3.8, 4) is 0 Å².